The van der Waals surface area contributed by atoms with Crippen molar-refractivity contribution in [2.45, 2.75) is 12.5 Å². The lowest BCUT2D eigenvalue weighted by Gasteiger charge is -2.15. The number of thiazole rings is 1. The molecule has 5 heteroatoms. The molecule has 2 rings (SSSR count). The molecule has 1 aromatic carbocycles. The Kier molecular flexibility index (Phi) is 4.30. The van der Waals surface area contributed by atoms with Gasteiger partial charge in [-0.15, -0.1) is 11.3 Å². The average molecular weight is 262 g/mol. The van der Waals surface area contributed by atoms with Crippen LogP contribution in [0.4, 0.5) is 5.13 Å². The van der Waals surface area contributed by atoms with E-state index in [4.69, 9.17) is 4.74 Å². The molecule has 94 valence electrons. The van der Waals surface area contributed by atoms with Gasteiger partial charge in [0, 0.05) is 18.0 Å². The van der Waals surface area contributed by atoms with Crippen LogP contribution in [0.15, 0.2) is 41.9 Å². The van der Waals surface area contributed by atoms with E-state index in [-0.39, 0.29) is 5.97 Å². The molecule has 0 spiro atoms. The lowest BCUT2D eigenvalue weighted by Crippen LogP contribution is -2.32. The van der Waals surface area contributed by atoms with Crippen LogP contribution >= 0.6 is 11.3 Å². The summed E-state index contributed by atoms with van der Waals surface area (Å²) < 4.78 is 4.81. The molecule has 0 aliphatic carbocycles. The summed E-state index contributed by atoms with van der Waals surface area (Å²) in [5.74, 6) is -0.283. The lowest BCUT2D eigenvalue weighted by atomic mass is 10.1. The smallest absolute Gasteiger partial charge is 0.328 e. The van der Waals surface area contributed by atoms with Gasteiger partial charge in [0.25, 0.3) is 0 Å². The maximum Gasteiger partial charge on any atom is 0.328 e. The maximum absolute atomic E-state index is 11.7. The van der Waals surface area contributed by atoms with Crippen molar-refractivity contribution in [3.63, 3.8) is 0 Å². The first-order valence-electron chi connectivity index (χ1n) is 5.57. The molecule has 0 radical (unpaired) electrons. The average Bonchev–Trinajstić information content (AvgIpc) is 2.91. The molecule has 0 amide bonds. The molecule has 0 aliphatic heterocycles. The number of hydrogen-bond acceptors (Lipinski definition) is 5. The number of carbonyl (C=O) groups excluding carboxylic acids is 1. The molecule has 0 unspecified atom stereocenters. The fraction of sp³-hybridized carbons (Fsp3) is 0.231. The molecule has 4 nitrogen and oxygen atoms in total. The van der Waals surface area contributed by atoms with E-state index in [9.17, 15) is 4.79 Å². The number of esters is 1. The first kappa shape index (κ1) is 12.6. The number of methoxy groups -OCH3 is 1. The summed E-state index contributed by atoms with van der Waals surface area (Å²) in [6.45, 7) is 0. The number of nitrogens with zero attached hydrogens (tertiary/aromatic N) is 1. The molecule has 0 bridgehead atoms. The van der Waals surface area contributed by atoms with Gasteiger partial charge in [0.15, 0.2) is 5.13 Å². The van der Waals surface area contributed by atoms with Gasteiger partial charge >= 0.3 is 5.97 Å². The Morgan fingerprint density at radius 1 is 1.44 bits per heavy atom. The first-order chi connectivity index (χ1) is 8.79. The van der Waals surface area contributed by atoms with Crippen LogP contribution in [0.3, 0.4) is 0 Å². The van der Waals surface area contributed by atoms with Gasteiger partial charge < -0.3 is 10.1 Å². The summed E-state index contributed by atoms with van der Waals surface area (Å²) in [5.41, 5.74) is 1.08. The van der Waals surface area contributed by atoms with Gasteiger partial charge in [-0.25, -0.2) is 9.78 Å². The van der Waals surface area contributed by atoms with E-state index in [0.717, 1.165) is 10.7 Å². The van der Waals surface area contributed by atoms with E-state index >= 15 is 0 Å². The summed E-state index contributed by atoms with van der Waals surface area (Å²) in [6, 6.07) is 9.41. The predicted octanol–water partition coefficient (Wildman–Crippen LogP) is 2.34. The summed E-state index contributed by atoms with van der Waals surface area (Å²) in [6.07, 6.45) is 2.27. The highest BCUT2D eigenvalue weighted by molar-refractivity contribution is 7.13. The van der Waals surface area contributed by atoms with Gasteiger partial charge in [-0.3, -0.25) is 0 Å². The monoisotopic (exact) mass is 262 g/mol. The number of benzene rings is 1. The normalized spacial score (nSPS) is 11.8. The molecule has 1 N–H and O–H groups in total. The fourth-order valence-corrected chi connectivity index (χ4v) is 2.21. The van der Waals surface area contributed by atoms with Gasteiger partial charge in [0.1, 0.15) is 6.04 Å². The number of anilines is 1. The highest BCUT2D eigenvalue weighted by atomic mass is 32.1. The number of carbonyl (C=O) groups is 1. The summed E-state index contributed by atoms with van der Waals surface area (Å²) in [7, 11) is 1.39. The Balaban J connectivity index is 2.08. The SMILES string of the molecule is COC(=O)[C@H](Cc1ccccc1)Nc1nccs1. The van der Waals surface area contributed by atoms with E-state index in [1.54, 1.807) is 6.20 Å². The van der Waals surface area contributed by atoms with Crippen molar-refractivity contribution in [2.75, 3.05) is 12.4 Å². The van der Waals surface area contributed by atoms with Gasteiger partial charge in [0.2, 0.25) is 0 Å². The van der Waals surface area contributed by atoms with Crippen LogP contribution < -0.4 is 5.32 Å². The number of nitrogens with one attached hydrogen (secondary N) is 1. The van der Waals surface area contributed by atoms with Crippen molar-refractivity contribution in [1.82, 2.24) is 4.98 Å². The van der Waals surface area contributed by atoms with Gasteiger partial charge in [-0.05, 0) is 5.56 Å². The largest absolute Gasteiger partial charge is 0.467 e. The first-order valence-corrected chi connectivity index (χ1v) is 6.45. The van der Waals surface area contributed by atoms with Crippen LogP contribution in [-0.4, -0.2) is 24.1 Å². The molecular weight excluding hydrogens is 248 g/mol. The van der Waals surface area contributed by atoms with Crippen molar-refractivity contribution in [2.24, 2.45) is 0 Å². The second kappa shape index (κ2) is 6.16. The Bertz CT molecular complexity index is 485. The van der Waals surface area contributed by atoms with Crippen LogP contribution in [0.25, 0.3) is 0 Å². The highest BCUT2D eigenvalue weighted by Crippen LogP contribution is 2.14. The molecular formula is C13H14N2O2S. The van der Waals surface area contributed by atoms with Crippen LogP contribution in [0.2, 0.25) is 0 Å². The Morgan fingerprint density at radius 2 is 2.22 bits per heavy atom. The maximum atomic E-state index is 11.7. The third-order valence-corrected chi connectivity index (χ3v) is 3.20. The van der Waals surface area contributed by atoms with Crippen molar-refractivity contribution in [1.29, 1.82) is 0 Å². The Labute approximate surface area is 110 Å². The van der Waals surface area contributed by atoms with Crippen molar-refractivity contribution < 1.29 is 9.53 Å². The number of rotatable bonds is 5. The minimum atomic E-state index is -0.413. The van der Waals surface area contributed by atoms with E-state index in [1.807, 2.05) is 35.7 Å². The van der Waals surface area contributed by atoms with E-state index < -0.39 is 6.04 Å². The van der Waals surface area contributed by atoms with E-state index in [1.165, 1.54) is 18.4 Å². The van der Waals surface area contributed by atoms with Gasteiger partial charge in [-0.2, -0.15) is 0 Å². The Hall–Kier alpha value is -1.88. The third kappa shape index (κ3) is 3.30. The zero-order valence-corrected chi connectivity index (χ0v) is 10.8. The van der Waals surface area contributed by atoms with Crippen LogP contribution in [-0.2, 0) is 16.0 Å². The van der Waals surface area contributed by atoms with Crippen LogP contribution in [0.1, 0.15) is 5.56 Å². The molecule has 1 atom stereocenters. The van der Waals surface area contributed by atoms with Crippen molar-refractivity contribution in [3.8, 4) is 0 Å². The zero-order chi connectivity index (χ0) is 12.8. The van der Waals surface area contributed by atoms with Gasteiger partial charge in [-0.1, -0.05) is 30.3 Å². The molecule has 0 fully saturated rings. The zero-order valence-electron chi connectivity index (χ0n) is 10.00. The molecule has 1 heterocycles. The van der Waals surface area contributed by atoms with Crippen LogP contribution in [0.5, 0.6) is 0 Å². The van der Waals surface area contributed by atoms with Crippen molar-refractivity contribution in [3.05, 3.63) is 47.5 Å². The summed E-state index contributed by atoms with van der Waals surface area (Å²) in [4.78, 5) is 15.8. The molecule has 0 saturated carbocycles. The molecule has 18 heavy (non-hydrogen) atoms. The Morgan fingerprint density at radius 3 is 2.83 bits per heavy atom. The molecule has 2 aromatic rings. The second-order valence-corrected chi connectivity index (χ2v) is 4.64. The third-order valence-electron chi connectivity index (χ3n) is 2.50. The molecule has 0 saturated heterocycles. The fourth-order valence-electron chi connectivity index (χ4n) is 1.63. The minimum absolute atomic E-state index is 0.283. The number of ether oxygens (including phenoxy) is 1. The highest BCUT2D eigenvalue weighted by Gasteiger charge is 2.20. The summed E-state index contributed by atoms with van der Waals surface area (Å²) >= 11 is 1.46. The number of aromatic nitrogens is 1. The van der Waals surface area contributed by atoms with E-state index in [0.29, 0.717) is 6.42 Å². The second-order valence-electron chi connectivity index (χ2n) is 3.75. The van der Waals surface area contributed by atoms with Crippen molar-refractivity contribution >= 4 is 22.4 Å². The standard InChI is InChI=1S/C13H14N2O2S/c1-17-12(16)11(15-13-14-7-8-18-13)9-10-5-3-2-4-6-10/h2-8,11H,9H2,1H3,(H,14,15)/t11-/m0/s1. The van der Waals surface area contributed by atoms with Crippen LogP contribution in [0, 0.1) is 0 Å². The molecule has 0 aliphatic rings. The summed E-state index contributed by atoms with van der Waals surface area (Å²) in [5, 5.41) is 5.67. The minimum Gasteiger partial charge on any atom is -0.467 e. The quantitative estimate of drug-likeness (QED) is 0.840. The lowest BCUT2D eigenvalue weighted by molar-refractivity contribution is -0.141. The number of hydrogen-bond donors (Lipinski definition) is 1. The topological polar surface area (TPSA) is 51.2 Å². The predicted molar refractivity (Wildman–Crippen MR) is 71.7 cm³/mol. The van der Waals surface area contributed by atoms with Gasteiger partial charge in [0.05, 0.1) is 7.11 Å². The van der Waals surface area contributed by atoms with E-state index in [2.05, 4.69) is 10.3 Å². The molecule has 1 aromatic heterocycles.